The van der Waals surface area contributed by atoms with Crippen molar-refractivity contribution in [2.75, 3.05) is 38.3 Å². The number of ether oxygens (including phenoxy) is 2. The van der Waals surface area contributed by atoms with Crippen molar-refractivity contribution in [2.45, 2.75) is 6.10 Å². The molecule has 1 fully saturated rings. The quantitative estimate of drug-likeness (QED) is 0.850. The summed E-state index contributed by atoms with van der Waals surface area (Å²) in [4.78, 5) is 13.9. The zero-order valence-electron chi connectivity index (χ0n) is 10.6. The summed E-state index contributed by atoms with van der Waals surface area (Å²) in [5.74, 6) is -0.372. The highest BCUT2D eigenvalue weighted by atomic mass is 79.9. The lowest BCUT2D eigenvalue weighted by Gasteiger charge is -2.34. The van der Waals surface area contributed by atoms with Gasteiger partial charge in [-0.25, -0.2) is 4.79 Å². The number of benzene rings is 1. The minimum absolute atomic E-state index is 0.0272. The van der Waals surface area contributed by atoms with Gasteiger partial charge in [-0.3, -0.25) is 0 Å². The maximum absolute atomic E-state index is 11.8. The summed E-state index contributed by atoms with van der Waals surface area (Å²) < 4.78 is 11.0. The number of esters is 1. The maximum Gasteiger partial charge on any atom is 0.340 e. The van der Waals surface area contributed by atoms with Crippen LogP contribution in [0.2, 0.25) is 0 Å². The van der Waals surface area contributed by atoms with Gasteiger partial charge in [0.15, 0.2) is 0 Å². The summed E-state index contributed by atoms with van der Waals surface area (Å²) in [5, 5.41) is 9.17. The van der Waals surface area contributed by atoms with Gasteiger partial charge in [0.2, 0.25) is 0 Å². The van der Waals surface area contributed by atoms with Crippen LogP contribution in [0, 0.1) is 0 Å². The Bertz CT molecular complexity index is 466. The van der Waals surface area contributed by atoms with E-state index in [1.165, 1.54) is 7.11 Å². The number of hydrogen-bond acceptors (Lipinski definition) is 5. The van der Waals surface area contributed by atoms with E-state index in [2.05, 4.69) is 15.9 Å². The van der Waals surface area contributed by atoms with E-state index >= 15 is 0 Å². The van der Waals surface area contributed by atoms with Gasteiger partial charge in [-0.2, -0.15) is 0 Å². The van der Waals surface area contributed by atoms with Crippen molar-refractivity contribution >= 4 is 27.6 Å². The first-order chi connectivity index (χ1) is 9.15. The lowest BCUT2D eigenvalue weighted by atomic mass is 10.1. The summed E-state index contributed by atoms with van der Waals surface area (Å²) in [6, 6.07) is 5.49. The van der Waals surface area contributed by atoms with E-state index < -0.39 is 0 Å². The molecule has 1 aliphatic heterocycles. The highest BCUT2D eigenvalue weighted by molar-refractivity contribution is 9.10. The monoisotopic (exact) mass is 329 g/mol. The van der Waals surface area contributed by atoms with Crippen LogP contribution in [0.1, 0.15) is 10.4 Å². The molecule has 5 nitrogen and oxygen atoms in total. The van der Waals surface area contributed by atoms with Crippen molar-refractivity contribution in [3.8, 4) is 0 Å². The van der Waals surface area contributed by atoms with Crippen LogP contribution in [0.5, 0.6) is 0 Å². The molecule has 1 heterocycles. The summed E-state index contributed by atoms with van der Waals surface area (Å²) in [6.45, 7) is 1.74. The molecule has 0 amide bonds. The van der Waals surface area contributed by atoms with Crippen molar-refractivity contribution in [1.29, 1.82) is 0 Å². The molecule has 1 N–H and O–H groups in total. The molecule has 0 bridgehead atoms. The van der Waals surface area contributed by atoms with Crippen molar-refractivity contribution in [1.82, 2.24) is 0 Å². The summed E-state index contributed by atoms with van der Waals surface area (Å²) in [5.41, 5.74) is 1.31. The predicted octanol–water partition coefficient (Wildman–Crippen LogP) is 1.43. The molecule has 0 radical (unpaired) electrons. The van der Waals surface area contributed by atoms with E-state index in [-0.39, 0.29) is 18.7 Å². The molecular weight excluding hydrogens is 314 g/mol. The zero-order valence-corrected chi connectivity index (χ0v) is 12.2. The highest BCUT2D eigenvalue weighted by Gasteiger charge is 2.24. The number of aliphatic hydroxyl groups is 1. The summed E-state index contributed by atoms with van der Waals surface area (Å²) >= 11 is 3.35. The molecule has 1 saturated heterocycles. The van der Waals surface area contributed by atoms with Crippen LogP contribution in [0.4, 0.5) is 5.69 Å². The molecule has 0 spiro atoms. The topological polar surface area (TPSA) is 59.0 Å². The van der Waals surface area contributed by atoms with Gasteiger partial charge in [-0.05, 0) is 18.2 Å². The number of methoxy groups -OCH3 is 1. The second-order valence-electron chi connectivity index (χ2n) is 4.27. The molecule has 6 heteroatoms. The van der Waals surface area contributed by atoms with E-state index in [9.17, 15) is 9.90 Å². The van der Waals surface area contributed by atoms with Crippen LogP contribution in [0.3, 0.4) is 0 Å². The van der Waals surface area contributed by atoms with Crippen molar-refractivity contribution in [3.63, 3.8) is 0 Å². The molecule has 1 aromatic carbocycles. The molecule has 1 aliphatic rings. The predicted molar refractivity (Wildman–Crippen MR) is 74.5 cm³/mol. The summed E-state index contributed by atoms with van der Waals surface area (Å²) in [7, 11) is 1.36. The normalized spacial score (nSPS) is 19.3. The van der Waals surface area contributed by atoms with E-state index in [1.54, 1.807) is 6.07 Å². The summed E-state index contributed by atoms with van der Waals surface area (Å²) in [6.07, 6.45) is -0.220. The van der Waals surface area contributed by atoms with Gasteiger partial charge in [0.1, 0.15) is 0 Å². The molecule has 2 rings (SSSR count). The average Bonchev–Trinajstić information content (AvgIpc) is 2.46. The standard InChI is InChI=1S/C13H16BrNO4/c1-18-13(17)11-6-9(14)2-3-12(11)15-4-5-19-10(7-15)8-16/h2-3,6,10,16H,4-5,7-8H2,1H3/t10-/m0/s1. The van der Waals surface area contributed by atoms with Gasteiger partial charge in [0.25, 0.3) is 0 Å². The Balaban J connectivity index is 2.30. The first-order valence-corrected chi connectivity index (χ1v) is 6.80. The molecule has 0 saturated carbocycles. The zero-order chi connectivity index (χ0) is 13.8. The number of morpholine rings is 1. The third-order valence-electron chi connectivity index (χ3n) is 3.05. The van der Waals surface area contributed by atoms with Gasteiger partial charge in [0.05, 0.1) is 37.7 Å². The van der Waals surface area contributed by atoms with Crippen molar-refractivity contribution in [2.24, 2.45) is 0 Å². The molecule has 0 unspecified atom stereocenters. The van der Waals surface area contributed by atoms with Gasteiger partial charge in [-0.15, -0.1) is 0 Å². The number of hydrogen-bond donors (Lipinski definition) is 1. The number of carbonyl (C=O) groups excluding carboxylic acids is 1. The number of carbonyl (C=O) groups is 1. The second-order valence-corrected chi connectivity index (χ2v) is 5.19. The molecular formula is C13H16BrNO4. The van der Waals surface area contributed by atoms with E-state index in [1.807, 2.05) is 17.0 Å². The number of rotatable bonds is 3. The number of halogens is 1. The van der Waals surface area contributed by atoms with Gasteiger partial charge >= 0.3 is 5.97 Å². The Labute approximate surface area is 120 Å². The molecule has 0 aliphatic carbocycles. The Morgan fingerprint density at radius 1 is 1.63 bits per heavy atom. The fraction of sp³-hybridized carbons (Fsp3) is 0.462. The lowest BCUT2D eigenvalue weighted by molar-refractivity contribution is 0.00348. The minimum Gasteiger partial charge on any atom is -0.465 e. The minimum atomic E-state index is -0.372. The van der Waals surface area contributed by atoms with E-state index in [4.69, 9.17) is 9.47 Å². The van der Waals surface area contributed by atoms with Crippen LogP contribution in [-0.2, 0) is 9.47 Å². The Morgan fingerprint density at radius 2 is 2.42 bits per heavy atom. The number of aliphatic hydroxyl groups excluding tert-OH is 1. The largest absolute Gasteiger partial charge is 0.465 e. The van der Waals surface area contributed by atoms with Gasteiger partial charge in [-0.1, -0.05) is 15.9 Å². The van der Waals surface area contributed by atoms with Crippen molar-refractivity contribution in [3.05, 3.63) is 28.2 Å². The Kier molecular flexibility index (Phi) is 4.79. The Morgan fingerprint density at radius 3 is 3.11 bits per heavy atom. The fourth-order valence-electron chi connectivity index (χ4n) is 2.11. The van der Waals surface area contributed by atoms with Crippen LogP contribution in [0.15, 0.2) is 22.7 Å². The van der Waals surface area contributed by atoms with Crippen LogP contribution in [0.25, 0.3) is 0 Å². The van der Waals surface area contributed by atoms with E-state index in [0.29, 0.717) is 25.3 Å². The molecule has 0 aromatic heterocycles. The number of anilines is 1. The van der Waals surface area contributed by atoms with Crippen LogP contribution in [-0.4, -0.2) is 50.6 Å². The average molecular weight is 330 g/mol. The van der Waals surface area contributed by atoms with Crippen LogP contribution >= 0.6 is 15.9 Å². The number of nitrogens with zero attached hydrogens (tertiary/aromatic N) is 1. The fourth-order valence-corrected chi connectivity index (χ4v) is 2.47. The Hall–Kier alpha value is -1.11. The molecule has 1 atom stereocenters. The molecule has 104 valence electrons. The second kappa shape index (κ2) is 6.36. The van der Waals surface area contributed by atoms with Gasteiger partial charge < -0.3 is 19.5 Å². The molecule has 19 heavy (non-hydrogen) atoms. The smallest absolute Gasteiger partial charge is 0.340 e. The van der Waals surface area contributed by atoms with Gasteiger partial charge in [0, 0.05) is 17.6 Å². The van der Waals surface area contributed by atoms with Crippen molar-refractivity contribution < 1.29 is 19.4 Å². The maximum atomic E-state index is 11.8. The third-order valence-corrected chi connectivity index (χ3v) is 3.54. The molecule has 1 aromatic rings. The first-order valence-electron chi connectivity index (χ1n) is 6.01. The van der Waals surface area contributed by atoms with Crippen LogP contribution < -0.4 is 4.90 Å². The lowest BCUT2D eigenvalue weighted by Crippen LogP contribution is -2.44. The first kappa shape index (κ1) is 14.3. The SMILES string of the molecule is COC(=O)c1cc(Br)ccc1N1CCO[C@H](CO)C1. The van der Waals surface area contributed by atoms with E-state index in [0.717, 1.165) is 10.2 Å². The third kappa shape index (κ3) is 3.26. The highest BCUT2D eigenvalue weighted by Crippen LogP contribution is 2.26.